The zero-order valence-electron chi connectivity index (χ0n) is 53.8. The Morgan fingerprint density at radius 2 is 0.762 bits per heavy atom. The van der Waals surface area contributed by atoms with Crippen LogP contribution in [0.4, 0.5) is 0 Å². The Kier molecular flexibility index (Phi) is 58.6. The van der Waals surface area contributed by atoms with Gasteiger partial charge in [-0.1, -0.05) is 282 Å². The molecule has 80 heavy (non-hydrogen) atoms. The van der Waals surface area contributed by atoms with E-state index < -0.39 is 20.0 Å². The average Bonchev–Trinajstić information content (AvgIpc) is 3.42. The number of hydrogen-bond donors (Lipinski definition) is 2. The van der Waals surface area contributed by atoms with Crippen molar-refractivity contribution < 1.29 is 37.3 Å². The topological polar surface area (TPSA) is 111 Å². The van der Waals surface area contributed by atoms with Gasteiger partial charge >= 0.3 is 13.8 Å². The van der Waals surface area contributed by atoms with E-state index in [0.717, 1.165) is 77.0 Å². The van der Waals surface area contributed by atoms with Crippen molar-refractivity contribution in [3.8, 4) is 0 Å². The second-order valence-corrected chi connectivity index (χ2v) is 26.1. The van der Waals surface area contributed by atoms with E-state index in [2.05, 4.69) is 62.5 Å². The second kappa shape index (κ2) is 60.1. The van der Waals surface area contributed by atoms with Gasteiger partial charge in [-0.05, 0) is 89.5 Å². The molecular weight excluding hydrogens is 1010 g/mol. The Labute approximate surface area is 497 Å². The molecule has 0 saturated carbocycles. The van der Waals surface area contributed by atoms with Crippen LogP contribution in [0.3, 0.4) is 0 Å². The fourth-order valence-corrected chi connectivity index (χ4v) is 10.9. The SMILES string of the molecule is CCCCC/C=C\C/C=C\CCCCCCCCCC(=O)OC(/C=C\CCCCCCCCCCCC)C(COP(=O)(O)OCC[N+](C)(C)C)NC(=O)CCCCCCCCCCCCCCCCC/C=C/CCCCCCCC. The number of phosphoric acid groups is 1. The molecule has 0 heterocycles. The average molecular weight is 1150 g/mol. The summed E-state index contributed by atoms with van der Waals surface area (Å²) < 4.78 is 30.8. The molecule has 0 radical (unpaired) electrons. The van der Waals surface area contributed by atoms with E-state index >= 15 is 0 Å². The van der Waals surface area contributed by atoms with Gasteiger partial charge in [0.2, 0.25) is 5.91 Å². The van der Waals surface area contributed by atoms with Crippen LogP contribution in [-0.2, 0) is 27.9 Å². The van der Waals surface area contributed by atoms with Gasteiger partial charge in [-0.25, -0.2) is 4.57 Å². The Hall–Kier alpha value is -2.03. The van der Waals surface area contributed by atoms with E-state index in [1.807, 2.05) is 33.3 Å². The van der Waals surface area contributed by atoms with E-state index in [-0.39, 0.29) is 31.5 Å². The lowest BCUT2D eigenvalue weighted by molar-refractivity contribution is -0.870. The number of esters is 1. The Morgan fingerprint density at radius 3 is 1.16 bits per heavy atom. The van der Waals surface area contributed by atoms with Crippen LogP contribution in [0, 0.1) is 0 Å². The summed E-state index contributed by atoms with van der Waals surface area (Å²) in [6.07, 6.45) is 75.5. The van der Waals surface area contributed by atoms with Crippen LogP contribution in [0.2, 0.25) is 0 Å². The Morgan fingerprint density at radius 1 is 0.438 bits per heavy atom. The maximum atomic E-state index is 13.6. The summed E-state index contributed by atoms with van der Waals surface area (Å²) in [5, 5.41) is 3.07. The molecule has 0 aliphatic heterocycles. The summed E-state index contributed by atoms with van der Waals surface area (Å²) in [5.74, 6) is -0.501. The zero-order valence-corrected chi connectivity index (χ0v) is 54.7. The van der Waals surface area contributed by atoms with Crippen LogP contribution >= 0.6 is 7.82 Å². The van der Waals surface area contributed by atoms with Crippen molar-refractivity contribution in [1.29, 1.82) is 0 Å². The van der Waals surface area contributed by atoms with Crippen molar-refractivity contribution in [2.24, 2.45) is 0 Å². The van der Waals surface area contributed by atoms with E-state index in [9.17, 15) is 19.0 Å². The molecule has 0 aliphatic carbocycles. The normalized spacial score (nSPS) is 13.8. The van der Waals surface area contributed by atoms with Crippen LogP contribution in [0.25, 0.3) is 0 Å². The van der Waals surface area contributed by atoms with Crippen LogP contribution in [0.15, 0.2) is 48.6 Å². The molecule has 0 aromatic heterocycles. The molecule has 0 bridgehead atoms. The van der Waals surface area contributed by atoms with Gasteiger partial charge in [-0.15, -0.1) is 0 Å². The molecule has 0 aromatic carbocycles. The van der Waals surface area contributed by atoms with Gasteiger partial charge in [-0.2, -0.15) is 0 Å². The highest BCUT2D eigenvalue weighted by Crippen LogP contribution is 2.43. The maximum Gasteiger partial charge on any atom is 0.472 e. The highest BCUT2D eigenvalue weighted by molar-refractivity contribution is 7.47. The molecule has 1 amide bonds. The highest BCUT2D eigenvalue weighted by Gasteiger charge is 2.30. The number of phosphoric ester groups is 1. The van der Waals surface area contributed by atoms with Crippen LogP contribution in [0.1, 0.15) is 335 Å². The summed E-state index contributed by atoms with van der Waals surface area (Å²) in [6.45, 7) is 7.02. The number of allylic oxidation sites excluding steroid dienone is 7. The number of carbonyl (C=O) groups excluding carboxylic acids is 2. The van der Waals surface area contributed by atoms with Crippen molar-refractivity contribution in [3.63, 3.8) is 0 Å². The monoisotopic (exact) mass is 1150 g/mol. The third kappa shape index (κ3) is 60.6. The minimum atomic E-state index is -4.45. The van der Waals surface area contributed by atoms with Gasteiger partial charge in [-0.3, -0.25) is 18.6 Å². The van der Waals surface area contributed by atoms with Gasteiger partial charge in [0, 0.05) is 12.8 Å². The molecule has 0 rings (SSSR count). The largest absolute Gasteiger partial charge is 0.472 e. The molecule has 0 aromatic rings. The lowest BCUT2D eigenvalue weighted by atomic mass is 10.0. The van der Waals surface area contributed by atoms with Crippen LogP contribution in [0.5, 0.6) is 0 Å². The fraction of sp³-hybridized carbons (Fsp3) is 0.857. The Bertz CT molecular complexity index is 1510. The molecule has 0 spiro atoms. The number of likely N-dealkylation sites (N-methyl/N-ethyl adjacent to an activating group) is 1. The van der Waals surface area contributed by atoms with Crippen molar-refractivity contribution in [1.82, 2.24) is 5.32 Å². The van der Waals surface area contributed by atoms with Gasteiger partial charge in [0.05, 0.1) is 33.8 Å². The standard InChI is InChI=1S/C70H133N2O7P/c1-7-10-13-16-19-22-25-28-30-32-33-34-35-36-37-38-39-41-42-44-47-50-53-56-59-62-69(73)71-67(66-78-80(75,76)77-65-64-72(4,5)6)68(61-58-55-52-49-46-27-24-21-18-15-12-9-3)79-70(74)63-60-57-54-51-48-45-43-40-31-29-26-23-20-17-14-11-8-2/h20,23,28-31,58,61,67-68H,7-19,21-22,24-27,32-57,59-60,62-66H2,1-6H3,(H-,71,73,75,76)/p+1/b23-20-,30-28+,31-29-,61-58-. The highest BCUT2D eigenvalue weighted by atomic mass is 31.2. The second-order valence-electron chi connectivity index (χ2n) is 24.7. The quantitative estimate of drug-likeness (QED) is 0.0205. The fourth-order valence-electron chi connectivity index (χ4n) is 10.1. The van der Waals surface area contributed by atoms with E-state index in [1.165, 1.54) is 225 Å². The van der Waals surface area contributed by atoms with Crippen molar-refractivity contribution in [2.45, 2.75) is 348 Å². The minimum absolute atomic E-state index is 0.0400. The third-order valence-corrected chi connectivity index (χ3v) is 16.5. The number of amides is 1. The first-order chi connectivity index (χ1) is 38.9. The van der Waals surface area contributed by atoms with Crippen LogP contribution in [-0.4, -0.2) is 74.3 Å². The van der Waals surface area contributed by atoms with Crippen molar-refractivity contribution in [3.05, 3.63) is 48.6 Å². The number of rotatable bonds is 63. The smallest absolute Gasteiger partial charge is 0.456 e. The third-order valence-electron chi connectivity index (χ3n) is 15.5. The number of hydrogen-bond acceptors (Lipinski definition) is 6. The lowest BCUT2D eigenvalue weighted by Crippen LogP contribution is -2.47. The molecule has 2 N–H and O–H groups in total. The summed E-state index contributed by atoms with van der Waals surface area (Å²) in [7, 11) is 1.50. The number of unbranched alkanes of at least 4 members (excludes halogenated alkanes) is 41. The summed E-state index contributed by atoms with van der Waals surface area (Å²) in [4.78, 5) is 37.8. The molecule has 10 heteroatoms. The van der Waals surface area contributed by atoms with E-state index in [4.69, 9.17) is 13.8 Å². The number of quaternary nitrogens is 1. The van der Waals surface area contributed by atoms with Crippen molar-refractivity contribution >= 4 is 19.7 Å². The minimum Gasteiger partial charge on any atom is -0.456 e. The van der Waals surface area contributed by atoms with Gasteiger partial charge < -0.3 is 19.4 Å². The zero-order chi connectivity index (χ0) is 58.6. The molecular formula is C70H134N2O7P+. The van der Waals surface area contributed by atoms with Gasteiger partial charge in [0.15, 0.2) is 0 Å². The molecule has 3 atom stereocenters. The van der Waals surface area contributed by atoms with Crippen LogP contribution < -0.4 is 5.32 Å². The first-order valence-electron chi connectivity index (χ1n) is 34.5. The summed E-state index contributed by atoms with van der Waals surface area (Å²) in [5.41, 5.74) is 0. The van der Waals surface area contributed by atoms with Crippen molar-refractivity contribution in [2.75, 3.05) is 40.9 Å². The number of nitrogens with zero attached hydrogens (tertiary/aromatic N) is 1. The van der Waals surface area contributed by atoms with Gasteiger partial charge in [0.1, 0.15) is 19.3 Å². The van der Waals surface area contributed by atoms with E-state index in [0.29, 0.717) is 17.4 Å². The predicted molar refractivity (Wildman–Crippen MR) is 346 cm³/mol. The lowest BCUT2D eigenvalue weighted by Gasteiger charge is -2.27. The number of ether oxygens (including phenoxy) is 1. The van der Waals surface area contributed by atoms with Gasteiger partial charge in [0.25, 0.3) is 0 Å². The first kappa shape index (κ1) is 78.0. The molecule has 0 fully saturated rings. The maximum absolute atomic E-state index is 13.6. The van der Waals surface area contributed by atoms with E-state index in [1.54, 1.807) is 0 Å². The molecule has 3 unspecified atom stereocenters. The summed E-state index contributed by atoms with van der Waals surface area (Å²) in [6, 6.07) is -0.850. The number of carbonyl (C=O) groups is 2. The first-order valence-corrected chi connectivity index (χ1v) is 36.0. The summed E-state index contributed by atoms with van der Waals surface area (Å²) >= 11 is 0. The number of nitrogens with one attached hydrogen (secondary N) is 1. The predicted octanol–water partition coefficient (Wildman–Crippen LogP) is 21.6. The Balaban J connectivity index is 5.06. The molecule has 0 aliphatic rings. The molecule has 470 valence electrons. The molecule has 0 saturated heterocycles. The molecule has 9 nitrogen and oxygen atoms in total.